The number of hydrogen-bond acceptors (Lipinski definition) is 6. The van der Waals surface area contributed by atoms with E-state index >= 15 is 0 Å². The molecule has 0 N–H and O–H groups in total. The number of aromatic nitrogens is 1. The average molecular weight is 476 g/mol. The maximum absolute atomic E-state index is 14.0. The van der Waals surface area contributed by atoms with Gasteiger partial charge >= 0.3 is 0 Å². The van der Waals surface area contributed by atoms with E-state index < -0.39 is 0 Å². The van der Waals surface area contributed by atoms with Gasteiger partial charge in [-0.2, -0.15) is 0 Å². The lowest BCUT2D eigenvalue weighted by molar-refractivity contribution is 0.251. The second kappa shape index (κ2) is 11.9. The lowest BCUT2D eigenvalue weighted by Gasteiger charge is -2.36. The van der Waals surface area contributed by atoms with Crippen molar-refractivity contribution in [2.75, 3.05) is 51.8 Å². The topological polar surface area (TPSA) is 51.0 Å². The van der Waals surface area contributed by atoms with Crippen LogP contribution in [0.5, 0.6) is 11.5 Å². The van der Waals surface area contributed by atoms with Crippen LogP contribution >= 0.6 is 12.4 Å². The van der Waals surface area contributed by atoms with Crippen molar-refractivity contribution >= 4 is 18.1 Å². The molecule has 0 radical (unpaired) electrons. The number of hydrogen-bond donors (Lipinski definition) is 0. The Bertz CT molecular complexity index is 1020. The fraction of sp³-hybridized carbons (Fsp3) is 0.400. The Morgan fingerprint density at radius 2 is 1.70 bits per heavy atom. The summed E-state index contributed by atoms with van der Waals surface area (Å²) in [6.45, 7) is 4.68. The molecule has 2 aromatic carbocycles. The summed E-state index contributed by atoms with van der Waals surface area (Å²) in [7, 11) is 3.24. The van der Waals surface area contributed by atoms with Crippen molar-refractivity contribution < 1.29 is 18.4 Å². The van der Waals surface area contributed by atoms with Crippen LogP contribution in [0.3, 0.4) is 0 Å². The highest BCUT2D eigenvalue weighted by Gasteiger charge is 2.19. The smallest absolute Gasteiger partial charge is 0.161 e. The molecule has 1 aromatic heterocycles. The lowest BCUT2D eigenvalue weighted by atomic mass is 10.1. The van der Waals surface area contributed by atoms with Crippen LogP contribution in [-0.2, 0) is 6.42 Å². The van der Waals surface area contributed by atoms with E-state index in [1.807, 2.05) is 36.4 Å². The molecule has 3 aromatic rings. The standard InChI is InChI=1S/C25H30FN3O3.ClH/c1-30-24-11-10-19(17-25(24)31-2)22-18-20(32-27-22)7-5-6-12-28-13-15-29(16-14-28)23-9-4-3-8-21(23)26;/h3-4,8-11,17-18H,5-7,12-16H2,1-2H3;1H. The maximum atomic E-state index is 14.0. The van der Waals surface area contributed by atoms with Crippen molar-refractivity contribution in [3.05, 3.63) is 60.1 Å². The molecule has 2 heterocycles. The number of halogens is 2. The molecule has 0 saturated carbocycles. The predicted molar refractivity (Wildman–Crippen MR) is 130 cm³/mol. The van der Waals surface area contributed by atoms with E-state index in [9.17, 15) is 4.39 Å². The number of nitrogens with zero attached hydrogens (tertiary/aromatic N) is 3. The number of unbranched alkanes of at least 4 members (excludes halogenated alkanes) is 1. The van der Waals surface area contributed by atoms with Crippen LogP contribution < -0.4 is 14.4 Å². The van der Waals surface area contributed by atoms with Gasteiger partial charge in [0.25, 0.3) is 0 Å². The molecule has 1 fully saturated rings. The number of piperazine rings is 1. The zero-order chi connectivity index (χ0) is 22.3. The summed E-state index contributed by atoms with van der Waals surface area (Å²) in [4.78, 5) is 4.59. The number of rotatable bonds is 9. The Balaban J connectivity index is 0.00000306. The first kappa shape index (κ1) is 24.9. The van der Waals surface area contributed by atoms with Gasteiger partial charge < -0.3 is 18.9 Å². The monoisotopic (exact) mass is 475 g/mol. The molecule has 4 rings (SSSR count). The van der Waals surface area contributed by atoms with Crippen LogP contribution in [0.15, 0.2) is 53.1 Å². The molecule has 6 nitrogen and oxygen atoms in total. The zero-order valence-electron chi connectivity index (χ0n) is 19.1. The van der Waals surface area contributed by atoms with E-state index in [-0.39, 0.29) is 18.2 Å². The second-order valence-corrected chi connectivity index (χ2v) is 7.99. The fourth-order valence-corrected chi connectivity index (χ4v) is 4.12. The third kappa shape index (κ3) is 6.18. The van der Waals surface area contributed by atoms with Crippen LogP contribution in [0.2, 0.25) is 0 Å². The molecule has 1 aliphatic rings. The number of para-hydroxylation sites is 1. The Morgan fingerprint density at radius 1 is 0.939 bits per heavy atom. The quantitative estimate of drug-likeness (QED) is 0.403. The Kier molecular flexibility index (Phi) is 8.97. The zero-order valence-corrected chi connectivity index (χ0v) is 19.9. The first-order chi connectivity index (χ1) is 15.7. The van der Waals surface area contributed by atoms with Gasteiger partial charge in [-0.3, -0.25) is 4.90 Å². The van der Waals surface area contributed by atoms with E-state index in [1.54, 1.807) is 20.3 Å². The Morgan fingerprint density at radius 3 is 2.42 bits per heavy atom. The summed E-state index contributed by atoms with van der Waals surface area (Å²) in [6.07, 6.45) is 2.98. The largest absolute Gasteiger partial charge is 0.493 e. The summed E-state index contributed by atoms with van der Waals surface area (Å²) in [5.41, 5.74) is 2.44. The number of ether oxygens (including phenoxy) is 2. The van der Waals surface area contributed by atoms with Crippen LogP contribution in [0.1, 0.15) is 18.6 Å². The van der Waals surface area contributed by atoms with E-state index in [1.165, 1.54) is 6.07 Å². The minimum absolute atomic E-state index is 0. The highest BCUT2D eigenvalue weighted by Crippen LogP contribution is 2.32. The highest BCUT2D eigenvalue weighted by molar-refractivity contribution is 5.85. The second-order valence-electron chi connectivity index (χ2n) is 7.99. The van der Waals surface area contributed by atoms with Gasteiger partial charge in [0, 0.05) is 44.2 Å². The molecule has 0 unspecified atom stereocenters. The van der Waals surface area contributed by atoms with Crippen molar-refractivity contribution in [2.24, 2.45) is 0 Å². The molecular formula is C25H31ClFN3O3. The van der Waals surface area contributed by atoms with E-state index in [4.69, 9.17) is 14.0 Å². The Hall–Kier alpha value is -2.77. The van der Waals surface area contributed by atoms with Crippen molar-refractivity contribution in [3.63, 3.8) is 0 Å². The molecule has 33 heavy (non-hydrogen) atoms. The fourth-order valence-electron chi connectivity index (χ4n) is 4.12. The first-order valence-electron chi connectivity index (χ1n) is 11.1. The first-order valence-corrected chi connectivity index (χ1v) is 11.1. The summed E-state index contributed by atoms with van der Waals surface area (Å²) >= 11 is 0. The molecule has 0 atom stereocenters. The predicted octanol–water partition coefficient (Wildman–Crippen LogP) is 5.06. The third-order valence-corrected chi connectivity index (χ3v) is 5.95. The summed E-state index contributed by atoms with van der Waals surface area (Å²) in [6, 6.07) is 14.7. The van der Waals surface area contributed by atoms with Gasteiger partial charge in [-0.05, 0) is 49.7 Å². The molecule has 1 aliphatic heterocycles. The molecule has 0 aliphatic carbocycles. The van der Waals surface area contributed by atoms with Crippen molar-refractivity contribution in [1.29, 1.82) is 0 Å². The van der Waals surface area contributed by atoms with Crippen molar-refractivity contribution in [2.45, 2.75) is 19.3 Å². The summed E-state index contributed by atoms with van der Waals surface area (Å²) in [5.74, 6) is 2.11. The third-order valence-electron chi connectivity index (χ3n) is 5.95. The molecule has 178 valence electrons. The van der Waals surface area contributed by atoms with Crippen LogP contribution in [0, 0.1) is 5.82 Å². The van der Waals surface area contributed by atoms with E-state index in [0.29, 0.717) is 17.2 Å². The summed E-state index contributed by atoms with van der Waals surface area (Å²) < 4.78 is 30.2. The minimum atomic E-state index is -0.138. The number of methoxy groups -OCH3 is 2. The molecule has 0 amide bonds. The SMILES string of the molecule is COc1ccc(-c2cc(CCCCN3CCN(c4ccccc4F)CC3)on2)cc1OC.Cl. The number of benzene rings is 2. The maximum Gasteiger partial charge on any atom is 0.161 e. The molecule has 8 heteroatoms. The van der Waals surface area contributed by atoms with Gasteiger partial charge in [-0.15, -0.1) is 12.4 Å². The lowest BCUT2D eigenvalue weighted by Crippen LogP contribution is -2.46. The van der Waals surface area contributed by atoms with Gasteiger partial charge in [0.2, 0.25) is 0 Å². The van der Waals surface area contributed by atoms with E-state index in [0.717, 1.165) is 69.0 Å². The Labute approximate surface area is 200 Å². The molecule has 1 saturated heterocycles. The van der Waals surface area contributed by atoms with Crippen LogP contribution in [-0.4, -0.2) is 57.0 Å². The van der Waals surface area contributed by atoms with Crippen LogP contribution in [0.4, 0.5) is 10.1 Å². The number of aryl methyl sites for hydroxylation is 1. The van der Waals surface area contributed by atoms with Gasteiger partial charge in [-0.25, -0.2) is 4.39 Å². The highest BCUT2D eigenvalue weighted by atomic mass is 35.5. The average Bonchev–Trinajstić information content (AvgIpc) is 3.31. The minimum Gasteiger partial charge on any atom is -0.493 e. The van der Waals surface area contributed by atoms with Crippen LogP contribution in [0.25, 0.3) is 11.3 Å². The molecule has 0 bridgehead atoms. The summed E-state index contributed by atoms with van der Waals surface area (Å²) in [5, 5.41) is 4.21. The van der Waals surface area contributed by atoms with Gasteiger partial charge in [-0.1, -0.05) is 17.3 Å². The van der Waals surface area contributed by atoms with Gasteiger partial charge in [0.1, 0.15) is 17.3 Å². The van der Waals surface area contributed by atoms with Crippen molar-refractivity contribution in [3.8, 4) is 22.8 Å². The number of anilines is 1. The normalized spacial score (nSPS) is 14.1. The van der Waals surface area contributed by atoms with E-state index in [2.05, 4.69) is 15.0 Å². The van der Waals surface area contributed by atoms with Gasteiger partial charge in [0.05, 0.1) is 19.9 Å². The van der Waals surface area contributed by atoms with Gasteiger partial charge in [0.15, 0.2) is 11.5 Å². The molecular weight excluding hydrogens is 445 g/mol. The van der Waals surface area contributed by atoms with Crippen molar-refractivity contribution in [1.82, 2.24) is 10.1 Å². The molecule has 0 spiro atoms.